The van der Waals surface area contributed by atoms with Gasteiger partial charge in [-0.1, -0.05) is 23.7 Å². The molecule has 3 rings (SSSR count). The quantitative estimate of drug-likeness (QED) is 0.929. The molecule has 1 aliphatic carbocycles. The minimum absolute atomic E-state index is 0.169. The van der Waals surface area contributed by atoms with Crippen molar-refractivity contribution in [3.63, 3.8) is 0 Å². The Kier molecular flexibility index (Phi) is 3.99. The average molecular weight is 293 g/mol. The summed E-state index contributed by atoms with van der Waals surface area (Å²) in [4.78, 5) is 14.0. The number of amides is 1. The van der Waals surface area contributed by atoms with E-state index < -0.39 is 0 Å². The number of halogens is 1. The Morgan fingerprint density at radius 2 is 2.05 bits per heavy atom. The van der Waals surface area contributed by atoms with Crippen molar-refractivity contribution in [2.75, 3.05) is 13.1 Å². The van der Waals surface area contributed by atoms with Crippen molar-refractivity contribution in [1.82, 2.24) is 10.2 Å². The van der Waals surface area contributed by atoms with Crippen LogP contribution in [0.15, 0.2) is 24.3 Å². The van der Waals surface area contributed by atoms with Crippen LogP contribution in [0.2, 0.25) is 5.02 Å². The van der Waals surface area contributed by atoms with E-state index in [0.29, 0.717) is 12.6 Å². The minimum atomic E-state index is 0.169. The summed E-state index contributed by atoms with van der Waals surface area (Å²) in [6.07, 6.45) is 2.27. The molecule has 0 unspecified atom stereocenters. The Morgan fingerprint density at radius 1 is 1.35 bits per heavy atom. The van der Waals surface area contributed by atoms with Crippen molar-refractivity contribution < 1.29 is 4.79 Å². The van der Waals surface area contributed by atoms with Crippen LogP contribution in [0.1, 0.15) is 25.3 Å². The Bertz CT molecular complexity index is 493. The van der Waals surface area contributed by atoms with Gasteiger partial charge in [0.2, 0.25) is 5.91 Å². The third-order valence-corrected chi connectivity index (χ3v) is 4.95. The van der Waals surface area contributed by atoms with Gasteiger partial charge in [-0.05, 0) is 55.5 Å². The standard InChI is InChI=1S/C16H21ClN2O/c1-11(20)19(10-12-3-2-4-15(17)5-12)16-6-13-8-18-9-14(13)7-16/h2-5,13-14,16,18H,6-10H2,1H3/t13-,14+,16-. The lowest BCUT2D eigenvalue weighted by molar-refractivity contribution is -0.131. The molecule has 0 radical (unpaired) electrons. The van der Waals surface area contributed by atoms with Gasteiger partial charge in [-0.2, -0.15) is 0 Å². The molecule has 1 heterocycles. The zero-order valence-corrected chi connectivity index (χ0v) is 12.6. The highest BCUT2D eigenvalue weighted by molar-refractivity contribution is 6.30. The van der Waals surface area contributed by atoms with E-state index in [0.717, 1.165) is 48.4 Å². The van der Waals surface area contributed by atoms with Crippen molar-refractivity contribution >= 4 is 17.5 Å². The zero-order valence-electron chi connectivity index (χ0n) is 11.8. The van der Waals surface area contributed by atoms with Crippen molar-refractivity contribution in [3.8, 4) is 0 Å². The number of nitrogens with one attached hydrogen (secondary N) is 1. The first kappa shape index (κ1) is 13.9. The number of rotatable bonds is 3. The fraction of sp³-hybridized carbons (Fsp3) is 0.562. The van der Waals surface area contributed by atoms with Crippen LogP contribution in [0.3, 0.4) is 0 Å². The van der Waals surface area contributed by atoms with Crippen molar-refractivity contribution in [1.29, 1.82) is 0 Å². The van der Waals surface area contributed by atoms with Crippen LogP contribution in [-0.4, -0.2) is 29.9 Å². The lowest BCUT2D eigenvalue weighted by Gasteiger charge is -2.29. The molecule has 3 nitrogen and oxygen atoms in total. The fourth-order valence-electron chi connectivity index (χ4n) is 3.72. The fourth-order valence-corrected chi connectivity index (χ4v) is 3.93. The number of fused-ring (bicyclic) bond motifs is 1. The number of nitrogens with zero attached hydrogens (tertiary/aromatic N) is 1. The van der Waals surface area contributed by atoms with E-state index >= 15 is 0 Å². The maximum absolute atomic E-state index is 12.0. The normalized spacial score (nSPS) is 28.4. The second-order valence-electron chi connectivity index (χ2n) is 6.08. The second kappa shape index (κ2) is 5.74. The summed E-state index contributed by atoms with van der Waals surface area (Å²) in [5, 5.41) is 4.18. The van der Waals surface area contributed by atoms with E-state index in [1.165, 1.54) is 0 Å². The molecule has 1 aromatic rings. The molecule has 1 aromatic carbocycles. The molecular weight excluding hydrogens is 272 g/mol. The first-order chi connectivity index (χ1) is 9.63. The first-order valence-corrected chi connectivity index (χ1v) is 7.73. The van der Waals surface area contributed by atoms with Gasteiger partial charge in [0.05, 0.1) is 0 Å². The summed E-state index contributed by atoms with van der Waals surface area (Å²) in [7, 11) is 0. The van der Waals surface area contributed by atoms with Gasteiger partial charge >= 0.3 is 0 Å². The van der Waals surface area contributed by atoms with Crippen LogP contribution in [-0.2, 0) is 11.3 Å². The summed E-state index contributed by atoms with van der Waals surface area (Å²) >= 11 is 6.03. The van der Waals surface area contributed by atoms with E-state index in [-0.39, 0.29) is 5.91 Å². The zero-order chi connectivity index (χ0) is 14.1. The summed E-state index contributed by atoms with van der Waals surface area (Å²) in [6, 6.07) is 8.20. The highest BCUT2D eigenvalue weighted by atomic mass is 35.5. The predicted octanol–water partition coefficient (Wildman–Crippen LogP) is 2.69. The van der Waals surface area contributed by atoms with Gasteiger partial charge in [0.1, 0.15) is 0 Å². The molecule has 108 valence electrons. The predicted molar refractivity (Wildman–Crippen MR) is 80.5 cm³/mol. The van der Waals surface area contributed by atoms with Gasteiger partial charge in [-0.3, -0.25) is 4.79 Å². The largest absolute Gasteiger partial charge is 0.336 e. The van der Waals surface area contributed by atoms with Crippen molar-refractivity contribution in [2.45, 2.75) is 32.4 Å². The Hall–Kier alpha value is -1.06. The number of benzene rings is 1. The third-order valence-electron chi connectivity index (χ3n) is 4.72. The topological polar surface area (TPSA) is 32.3 Å². The van der Waals surface area contributed by atoms with Gasteiger partial charge in [-0.25, -0.2) is 0 Å². The van der Waals surface area contributed by atoms with Crippen molar-refractivity contribution in [2.24, 2.45) is 11.8 Å². The number of hydrogen-bond donors (Lipinski definition) is 1. The molecule has 1 saturated heterocycles. The van der Waals surface area contributed by atoms with E-state index in [4.69, 9.17) is 11.6 Å². The summed E-state index contributed by atoms with van der Waals surface area (Å²) in [5.74, 6) is 1.67. The molecule has 1 saturated carbocycles. The van der Waals surface area contributed by atoms with E-state index in [1.54, 1.807) is 6.92 Å². The molecule has 1 N–H and O–H groups in total. The van der Waals surface area contributed by atoms with Crippen LogP contribution >= 0.6 is 11.6 Å². The number of carbonyl (C=O) groups is 1. The number of hydrogen-bond acceptors (Lipinski definition) is 2. The number of carbonyl (C=O) groups excluding carboxylic acids is 1. The van der Waals surface area contributed by atoms with E-state index in [1.807, 2.05) is 29.2 Å². The van der Waals surface area contributed by atoms with E-state index in [2.05, 4.69) is 5.32 Å². The summed E-state index contributed by atoms with van der Waals surface area (Å²) in [6.45, 7) is 4.58. The van der Waals surface area contributed by atoms with Gasteiger partial charge in [0.25, 0.3) is 0 Å². The molecule has 0 aromatic heterocycles. The third kappa shape index (κ3) is 2.84. The highest BCUT2D eigenvalue weighted by Crippen LogP contribution is 2.37. The van der Waals surface area contributed by atoms with Gasteiger partial charge in [-0.15, -0.1) is 0 Å². The van der Waals surface area contributed by atoms with Crippen LogP contribution in [0.25, 0.3) is 0 Å². The molecular formula is C16H21ClN2O. The Morgan fingerprint density at radius 3 is 2.65 bits per heavy atom. The maximum atomic E-state index is 12.0. The SMILES string of the molecule is CC(=O)N(Cc1cccc(Cl)c1)[C@H]1C[C@H]2CNC[C@H]2C1. The smallest absolute Gasteiger partial charge is 0.219 e. The first-order valence-electron chi connectivity index (χ1n) is 7.36. The highest BCUT2D eigenvalue weighted by Gasteiger charge is 2.40. The lowest BCUT2D eigenvalue weighted by atomic mass is 10.0. The van der Waals surface area contributed by atoms with Crippen LogP contribution < -0.4 is 5.32 Å². The Balaban J connectivity index is 1.72. The van der Waals surface area contributed by atoms with Crippen LogP contribution in [0, 0.1) is 11.8 Å². The minimum Gasteiger partial charge on any atom is -0.336 e. The van der Waals surface area contributed by atoms with Gasteiger partial charge < -0.3 is 10.2 Å². The van der Waals surface area contributed by atoms with Crippen LogP contribution in [0.5, 0.6) is 0 Å². The lowest BCUT2D eigenvalue weighted by Crippen LogP contribution is -2.37. The summed E-state index contributed by atoms with van der Waals surface area (Å²) in [5.41, 5.74) is 1.11. The van der Waals surface area contributed by atoms with Crippen LogP contribution in [0.4, 0.5) is 0 Å². The molecule has 4 heteroatoms. The molecule has 2 aliphatic rings. The molecule has 2 fully saturated rings. The van der Waals surface area contributed by atoms with Gasteiger partial charge in [0.15, 0.2) is 0 Å². The molecule has 0 spiro atoms. The van der Waals surface area contributed by atoms with E-state index in [9.17, 15) is 4.79 Å². The molecule has 1 amide bonds. The monoisotopic (exact) mass is 292 g/mol. The summed E-state index contributed by atoms with van der Waals surface area (Å²) < 4.78 is 0. The molecule has 1 aliphatic heterocycles. The molecule has 0 bridgehead atoms. The molecule has 20 heavy (non-hydrogen) atoms. The van der Waals surface area contributed by atoms with Crippen molar-refractivity contribution in [3.05, 3.63) is 34.9 Å². The maximum Gasteiger partial charge on any atom is 0.219 e. The Labute approximate surface area is 125 Å². The average Bonchev–Trinajstić information content (AvgIpc) is 2.96. The second-order valence-corrected chi connectivity index (χ2v) is 6.52. The van der Waals surface area contributed by atoms with Gasteiger partial charge in [0, 0.05) is 24.5 Å². The molecule has 3 atom stereocenters.